The smallest absolute Gasteiger partial charge is 0.347 e. The van der Waals surface area contributed by atoms with Gasteiger partial charge in [0, 0.05) is 19.5 Å². The zero-order valence-corrected chi connectivity index (χ0v) is 13.6. The predicted molar refractivity (Wildman–Crippen MR) is 88.2 cm³/mol. The minimum Gasteiger partial charge on any atom is -0.426 e. The van der Waals surface area contributed by atoms with Crippen LogP contribution in [0.4, 0.5) is 5.69 Å². The Hall–Kier alpha value is -3.15. The van der Waals surface area contributed by atoms with E-state index in [1.165, 1.54) is 19.9 Å². The van der Waals surface area contributed by atoms with Crippen LogP contribution >= 0.6 is 0 Å². The Kier molecular flexibility index (Phi) is 5.31. The molecule has 0 aliphatic heterocycles. The molecule has 0 fully saturated rings. The molecule has 0 aliphatic rings. The first-order chi connectivity index (χ1) is 11.4. The lowest BCUT2D eigenvalue weighted by molar-refractivity contribution is -0.132. The molecule has 0 unspecified atom stereocenters. The second-order valence-electron chi connectivity index (χ2n) is 5.14. The van der Waals surface area contributed by atoms with E-state index in [9.17, 15) is 14.4 Å². The summed E-state index contributed by atoms with van der Waals surface area (Å²) in [6, 6.07) is 11.3. The van der Waals surface area contributed by atoms with Gasteiger partial charge in [0.05, 0.1) is 0 Å². The van der Waals surface area contributed by atoms with Crippen molar-refractivity contribution in [3.63, 3.8) is 0 Å². The summed E-state index contributed by atoms with van der Waals surface area (Å²) in [7, 11) is 0. The standard InChI is InChI=1S/C18H17NO5/c1-11-5-4-6-16(17(11)23-13(3)21)18(22)24-15-9-7-14(8-10-15)19-12(2)20/h4-10H,1-3H3,(H,19,20). The maximum absolute atomic E-state index is 12.3. The van der Waals surface area contributed by atoms with Gasteiger partial charge in [0.2, 0.25) is 5.91 Å². The number of para-hydroxylation sites is 1. The van der Waals surface area contributed by atoms with Gasteiger partial charge < -0.3 is 14.8 Å². The van der Waals surface area contributed by atoms with Gasteiger partial charge in [-0.25, -0.2) is 4.79 Å². The van der Waals surface area contributed by atoms with Crippen LogP contribution in [-0.4, -0.2) is 17.8 Å². The molecular weight excluding hydrogens is 310 g/mol. The van der Waals surface area contributed by atoms with Crippen LogP contribution in [0.3, 0.4) is 0 Å². The van der Waals surface area contributed by atoms with Gasteiger partial charge in [-0.05, 0) is 42.8 Å². The van der Waals surface area contributed by atoms with Gasteiger partial charge in [-0.2, -0.15) is 0 Å². The van der Waals surface area contributed by atoms with Crippen molar-refractivity contribution in [3.05, 3.63) is 53.6 Å². The highest BCUT2D eigenvalue weighted by atomic mass is 16.5. The van der Waals surface area contributed by atoms with Gasteiger partial charge in [-0.15, -0.1) is 0 Å². The lowest BCUT2D eigenvalue weighted by Crippen LogP contribution is -2.13. The minimum absolute atomic E-state index is 0.163. The van der Waals surface area contributed by atoms with Crippen molar-refractivity contribution in [2.75, 3.05) is 5.32 Å². The van der Waals surface area contributed by atoms with Gasteiger partial charge in [-0.1, -0.05) is 12.1 Å². The van der Waals surface area contributed by atoms with E-state index in [4.69, 9.17) is 9.47 Å². The van der Waals surface area contributed by atoms with Crippen molar-refractivity contribution in [1.82, 2.24) is 0 Å². The summed E-state index contributed by atoms with van der Waals surface area (Å²) >= 11 is 0. The molecule has 124 valence electrons. The molecule has 6 heteroatoms. The van der Waals surface area contributed by atoms with Crippen LogP contribution in [0.15, 0.2) is 42.5 Å². The molecule has 2 aromatic rings. The molecule has 0 atom stereocenters. The average molecular weight is 327 g/mol. The van der Waals surface area contributed by atoms with Crippen molar-refractivity contribution < 1.29 is 23.9 Å². The topological polar surface area (TPSA) is 81.7 Å². The SMILES string of the molecule is CC(=O)Nc1ccc(OC(=O)c2cccc(C)c2OC(C)=O)cc1. The van der Waals surface area contributed by atoms with Crippen LogP contribution in [0.2, 0.25) is 0 Å². The third kappa shape index (κ3) is 4.42. The Morgan fingerprint density at radius 3 is 2.17 bits per heavy atom. The highest BCUT2D eigenvalue weighted by molar-refractivity contribution is 5.95. The van der Waals surface area contributed by atoms with Gasteiger partial charge in [-0.3, -0.25) is 9.59 Å². The van der Waals surface area contributed by atoms with E-state index in [1.807, 2.05) is 0 Å². The van der Waals surface area contributed by atoms with Crippen LogP contribution in [0.1, 0.15) is 29.8 Å². The molecule has 0 radical (unpaired) electrons. The van der Waals surface area contributed by atoms with Crippen molar-refractivity contribution in [1.29, 1.82) is 0 Å². The molecule has 0 heterocycles. The van der Waals surface area contributed by atoms with Crippen LogP contribution in [0.25, 0.3) is 0 Å². The van der Waals surface area contributed by atoms with Gasteiger partial charge in [0.1, 0.15) is 17.1 Å². The van der Waals surface area contributed by atoms with E-state index in [1.54, 1.807) is 43.3 Å². The van der Waals surface area contributed by atoms with Crippen molar-refractivity contribution >= 4 is 23.5 Å². The molecule has 0 saturated carbocycles. The van der Waals surface area contributed by atoms with Crippen LogP contribution < -0.4 is 14.8 Å². The van der Waals surface area contributed by atoms with Gasteiger partial charge >= 0.3 is 11.9 Å². The van der Waals surface area contributed by atoms with Crippen LogP contribution in [0.5, 0.6) is 11.5 Å². The molecule has 0 aliphatic carbocycles. The van der Waals surface area contributed by atoms with E-state index < -0.39 is 11.9 Å². The number of anilines is 1. The van der Waals surface area contributed by atoms with Gasteiger partial charge in [0.25, 0.3) is 0 Å². The molecule has 0 saturated heterocycles. The van der Waals surface area contributed by atoms with Crippen molar-refractivity contribution in [2.45, 2.75) is 20.8 Å². The number of aryl methyl sites for hydroxylation is 1. The number of hydrogen-bond donors (Lipinski definition) is 1. The van der Waals surface area contributed by atoms with E-state index in [0.717, 1.165) is 0 Å². The minimum atomic E-state index is -0.637. The molecule has 6 nitrogen and oxygen atoms in total. The fourth-order valence-corrected chi connectivity index (χ4v) is 2.06. The summed E-state index contributed by atoms with van der Waals surface area (Å²) < 4.78 is 10.4. The molecular formula is C18H17NO5. The maximum Gasteiger partial charge on any atom is 0.347 e. The lowest BCUT2D eigenvalue weighted by Gasteiger charge is -2.11. The number of hydrogen-bond acceptors (Lipinski definition) is 5. The first kappa shape index (κ1) is 17.2. The molecule has 2 rings (SSSR count). The Bertz CT molecular complexity index is 780. The van der Waals surface area contributed by atoms with E-state index in [2.05, 4.69) is 5.32 Å². The number of rotatable bonds is 4. The number of ether oxygens (including phenoxy) is 2. The largest absolute Gasteiger partial charge is 0.426 e. The Labute approximate surface area is 139 Å². The quantitative estimate of drug-likeness (QED) is 0.689. The molecule has 0 bridgehead atoms. The number of carbonyl (C=O) groups is 3. The number of carbonyl (C=O) groups excluding carboxylic acids is 3. The second-order valence-corrected chi connectivity index (χ2v) is 5.14. The maximum atomic E-state index is 12.3. The summed E-state index contributed by atoms with van der Waals surface area (Å²) in [6.07, 6.45) is 0. The lowest BCUT2D eigenvalue weighted by atomic mass is 10.1. The zero-order chi connectivity index (χ0) is 17.7. The molecule has 24 heavy (non-hydrogen) atoms. The molecule has 1 N–H and O–H groups in total. The first-order valence-electron chi connectivity index (χ1n) is 7.24. The highest BCUT2D eigenvalue weighted by Gasteiger charge is 2.18. The average Bonchev–Trinajstić information content (AvgIpc) is 2.50. The van der Waals surface area contributed by atoms with Crippen molar-refractivity contribution in [3.8, 4) is 11.5 Å². The number of nitrogens with one attached hydrogen (secondary N) is 1. The number of esters is 2. The summed E-state index contributed by atoms with van der Waals surface area (Å²) in [5, 5.41) is 2.62. The summed E-state index contributed by atoms with van der Waals surface area (Å²) in [5.74, 6) is -0.847. The molecule has 0 spiro atoms. The fourth-order valence-electron chi connectivity index (χ4n) is 2.06. The normalized spacial score (nSPS) is 9.96. The van der Waals surface area contributed by atoms with Crippen LogP contribution in [-0.2, 0) is 9.59 Å². The van der Waals surface area contributed by atoms with Gasteiger partial charge in [0.15, 0.2) is 0 Å². The number of amides is 1. The third-order valence-electron chi connectivity index (χ3n) is 3.06. The predicted octanol–water partition coefficient (Wildman–Crippen LogP) is 3.10. The first-order valence-corrected chi connectivity index (χ1v) is 7.24. The fraction of sp³-hybridized carbons (Fsp3) is 0.167. The summed E-state index contributed by atoms with van der Waals surface area (Å²) in [4.78, 5) is 34.5. The monoisotopic (exact) mass is 327 g/mol. The van der Waals surface area contributed by atoms with E-state index in [0.29, 0.717) is 17.0 Å². The Morgan fingerprint density at radius 2 is 1.58 bits per heavy atom. The molecule has 1 amide bonds. The molecule has 2 aromatic carbocycles. The summed E-state index contributed by atoms with van der Waals surface area (Å²) in [6.45, 7) is 4.40. The summed E-state index contributed by atoms with van der Waals surface area (Å²) in [5.41, 5.74) is 1.41. The Morgan fingerprint density at radius 1 is 0.917 bits per heavy atom. The zero-order valence-electron chi connectivity index (χ0n) is 13.6. The van der Waals surface area contributed by atoms with Crippen LogP contribution in [0, 0.1) is 6.92 Å². The molecule has 0 aromatic heterocycles. The van der Waals surface area contributed by atoms with E-state index in [-0.39, 0.29) is 17.2 Å². The number of benzene rings is 2. The van der Waals surface area contributed by atoms with E-state index >= 15 is 0 Å². The highest BCUT2D eigenvalue weighted by Crippen LogP contribution is 2.25. The Balaban J connectivity index is 2.19. The van der Waals surface area contributed by atoms with Crippen molar-refractivity contribution in [2.24, 2.45) is 0 Å². The third-order valence-corrected chi connectivity index (χ3v) is 3.06. The second kappa shape index (κ2) is 7.41.